The molecule has 0 saturated heterocycles. The lowest BCUT2D eigenvalue weighted by atomic mass is 10.3. The number of rotatable bonds is 5. The van der Waals surface area contributed by atoms with Gasteiger partial charge in [0.15, 0.2) is 0 Å². The number of benzene rings is 1. The van der Waals surface area contributed by atoms with Crippen LogP contribution in [0.5, 0.6) is 5.75 Å². The maximum absolute atomic E-state index is 12.4. The highest BCUT2D eigenvalue weighted by Crippen LogP contribution is 2.33. The van der Waals surface area contributed by atoms with E-state index in [2.05, 4.69) is 5.10 Å². The molecule has 0 bridgehead atoms. The lowest BCUT2D eigenvalue weighted by Gasteiger charge is -2.10. The Labute approximate surface area is 119 Å². The summed E-state index contributed by atoms with van der Waals surface area (Å²) >= 11 is 0. The first-order chi connectivity index (χ1) is 9.27. The van der Waals surface area contributed by atoms with Gasteiger partial charge in [-0.3, -0.25) is 4.79 Å². The van der Waals surface area contributed by atoms with Crippen molar-refractivity contribution in [3.05, 3.63) is 46.9 Å². The molecular formula is C13H14N2O2S2. The number of ether oxygens (including phenoxy) is 1. The Kier molecular flexibility index (Phi) is 4.93. The topological polar surface area (TPSA) is 44.1 Å². The number of hydrogen-bond donors (Lipinski definition) is 0. The Balaban J connectivity index is 2.53. The first-order valence-electron chi connectivity index (χ1n) is 5.79. The van der Waals surface area contributed by atoms with E-state index in [1.54, 1.807) is 17.0 Å². The Morgan fingerprint density at radius 1 is 1.32 bits per heavy atom. The smallest absolute Gasteiger partial charge is 0.315 e. The minimum absolute atomic E-state index is 0.230. The van der Waals surface area contributed by atoms with Gasteiger partial charge >= 0.3 is 5.56 Å². The highest BCUT2D eigenvalue weighted by molar-refractivity contribution is 8.76. The average molecular weight is 294 g/mol. The highest BCUT2D eigenvalue weighted by Gasteiger charge is 2.13. The van der Waals surface area contributed by atoms with Crippen molar-refractivity contribution in [2.75, 3.05) is 12.9 Å². The molecule has 0 fully saturated rings. The van der Waals surface area contributed by atoms with E-state index >= 15 is 0 Å². The van der Waals surface area contributed by atoms with Gasteiger partial charge in [-0.25, -0.2) is 0 Å². The molecule has 4 nitrogen and oxygen atoms in total. The van der Waals surface area contributed by atoms with Crippen molar-refractivity contribution in [3.8, 4) is 11.4 Å². The third-order valence-corrected chi connectivity index (χ3v) is 4.04. The minimum atomic E-state index is -0.230. The van der Waals surface area contributed by atoms with Crippen LogP contribution < -0.4 is 10.3 Å². The summed E-state index contributed by atoms with van der Waals surface area (Å²) in [4.78, 5) is 13.2. The quantitative estimate of drug-likeness (QED) is 0.793. The molecule has 2 rings (SSSR count). The molecule has 19 heavy (non-hydrogen) atoms. The second-order valence-electron chi connectivity index (χ2n) is 3.57. The van der Waals surface area contributed by atoms with Crippen LogP contribution in [0.1, 0.15) is 6.92 Å². The second kappa shape index (κ2) is 6.68. The average Bonchev–Trinajstić information content (AvgIpc) is 2.44. The van der Waals surface area contributed by atoms with Crippen LogP contribution in [0.25, 0.3) is 5.69 Å². The highest BCUT2D eigenvalue weighted by atomic mass is 33.1. The Morgan fingerprint density at radius 3 is 2.68 bits per heavy atom. The first kappa shape index (κ1) is 14.0. The number of nitrogens with zero attached hydrogens (tertiary/aromatic N) is 2. The van der Waals surface area contributed by atoms with Gasteiger partial charge < -0.3 is 4.74 Å². The fourth-order valence-electron chi connectivity index (χ4n) is 1.60. The molecule has 0 unspecified atom stereocenters. The van der Waals surface area contributed by atoms with Crippen LogP contribution in [0.3, 0.4) is 0 Å². The standard InChI is InChI=1S/C13H14N2O2S2/c1-3-17-12-11(19-18-2)9-14-15(13(12)16)10-7-5-4-6-8-10/h4-9H,3H2,1-2H3. The van der Waals surface area contributed by atoms with Crippen molar-refractivity contribution < 1.29 is 4.74 Å². The van der Waals surface area contributed by atoms with Crippen LogP contribution in [0, 0.1) is 0 Å². The second-order valence-corrected chi connectivity index (χ2v) is 6.01. The Morgan fingerprint density at radius 2 is 2.05 bits per heavy atom. The maximum atomic E-state index is 12.4. The minimum Gasteiger partial charge on any atom is -0.487 e. The molecule has 0 atom stereocenters. The van der Waals surface area contributed by atoms with Gasteiger partial charge in [-0.2, -0.15) is 9.78 Å². The predicted molar refractivity (Wildman–Crippen MR) is 80.4 cm³/mol. The van der Waals surface area contributed by atoms with E-state index < -0.39 is 0 Å². The summed E-state index contributed by atoms with van der Waals surface area (Å²) in [7, 11) is 3.03. The zero-order valence-corrected chi connectivity index (χ0v) is 12.3. The van der Waals surface area contributed by atoms with E-state index in [1.165, 1.54) is 15.5 Å². The van der Waals surface area contributed by atoms with Crippen molar-refractivity contribution in [2.45, 2.75) is 11.8 Å². The molecule has 0 saturated carbocycles. The first-order valence-corrected chi connectivity index (χ1v) is 8.35. The molecular weight excluding hydrogens is 280 g/mol. The number of aromatic nitrogens is 2. The predicted octanol–water partition coefficient (Wildman–Crippen LogP) is 3.00. The van der Waals surface area contributed by atoms with E-state index in [-0.39, 0.29) is 5.56 Å². The van der Waals surface area contributed by atoms with Crippen LogP contribution in [0.15, 0.2) is 46.2 Å². The van der Waals surface area contributed by atoms with Gasteiger partial charge in [0.2, 0.25) is 5.75 Å². The maximum Gasteiger partial charge on any atom is 0.315 e. The molecule has 0 amide bonds. The lowest BCUT2D eigenvalue weighted by molar-refractivity contribution is 0.323. The molecule has 1 heterocycles. The molecule has 1 aromatic heterocycles. The molecule has 0 radical (unpaired) electrons. The summed E-state index contributed by atoms with van der Waals surface area (Å²) in [6.07, 6.45) is 3.61. The van der Waals surface area contributed by atoms with Gasteiger partial charge in [-0.05, 0) is 25.3 Å². The third kappa shape index (κ3) is 3.13. The van der Waals surface area contributed by atoms with E-state index in [4.69, 9.17) is 4.74 Å². The van der Waals surface area contributed by atoms with Crippen LogP contribution >= 0.6 is 21.6 Å². The van der Waals surface area contributed by atoms with Crippen molar-refractivity contribution in [1.29, 1.82) is 0 Å². The fraction of sp³-hybridized carbons (Fsp3) is 0.231. The summed E-state index contributed by atoms with van der Waals surface area (Å²) in [5.41, 5.74) is 0.501. The van der Waals surface area contributed by atoms with Gasteiger partial charge in [-0.15, -0.1) is 0 Å². The number of hydrogen-bond acceptors (Lipinski definition) is 5. The van der Waals surface area contributed by atoms with Crippen molar-refractivity contribution >= 4 is 21.6 Å². The Bertz CT molecular complexity index is 599. The summed E-state index contributed by atoms with van der Waals surface area (Å²) in [6.45, 7) is 2.32. The molecule has 100 valence electrons. The van der Waals surface area contributed by atoms with Crippen molar-refractivity contribution in [3.63, 3.8) is 0 Å². The molecule has 2 aromatic rings. The van der Waals surface area contributed by atoms with Crippen LogP contribution in [0.2, 0.25) is 0 Å². The third-order valence-electron chi connectivity index (χ3n) is 2.36. The summed E-state index contributed by atoms with van der Waals surface area (Å²) in [5.74, 6) is 0.362. The van der Waals surface area contributed by atoms with E-state index in [1.807, 2.05) is 43.5 Å². The molecule has 0 aliphatic carbocycles. The summed E-state index contributed by atoms with van der Waals surface area (Å²) in [5, 5.41) is 4.20. The largest absolute Gasteiger partial charge is 0.487 e. The summed E-state index contributed by atoms with van der Waals surface area (Å²) < 4.78 is 6.83. The fourth-order valence-corrected chi connectivity index (χ4v) is 2.99. The van der Waals surface area contributed by atoms with Crippen molar-refractivity contribution in [2.24, 2.45) is 0 Å². The molecule has 0 aliphatic heterocycles. The van der Waals surface area contributed by atoms with E-state index in [0.29, 0.717) is 12.4 Å². The van der Waals surface area contributed by atoms with Crippen LogP contribution in [0.4, 0.5) is 0 Å². The van der Waals surface area contributed by atoms with Gasteiger partial charge in [0.05, 0.1) is 23.4 Å². The monoisotopic (exact) mass is 294 g/mol. The SMILES string of the molecule is CCOc1c(SSC)cnn(-c2ccccc2)c1=O. The molecule has 0 spiro atoms. The van der Waals surface area contributed by atoms with Gasteiger partial charge in [0.25, 0.3) is 0 Å². The van der Waals surface area contributed by atoms with Gasteiger partial charge in [0, 0.05) is 0 Å². The zero-order valence-electron chi connectivity index (χ0n) is 10.7. The zero-order chi connectivity index (χ0) is 13.7. The molecule has 0 aliphatic rings. The molecule has 1 aromatic carbocycles. The van der Waals surface area contributed by atoms with E-state index in [0.717, 1.165) is 10.6 Å². The lowest BCUT2D eigenvalue weighted by Crippen LogP contribution is -2.23. The van der Waals surface area contributed by atoms with Gasteiger partial charge in [-0.1, -0.05) is 39.8 Å². The molecule has 0 N–H and O–H groups in total. The van der Waals surface area contributed by atoms with Crippen LogP contribution in [-0.4, -0.2) is 22.6 Å². The van der Waals surface area contributed by atoms with E-state index in [9.17, 15) is 4.79 Å². The summed E-state index contributed by atoms with van der Waals surface area (Å²) in [6, 6.07) is 9.32. The number of para-hydroxylation sites is 1. The van der Waals surface area contributed by atoms with Gasteiger partial charge in [0.1, 0.15) is 0 Å². The van der Waals surface area contributed by atoms with Crippen molar-refractivity contribution in [1.82, 2.24) is 9.78 Å². The van der Waals surface area contributed by atoms with Crippen LogP contribution in [-0.2, 0) is 0 Å². The Hall–Kier alpha value is -1.40. The normalized spacial score (nSPS) is 10.4. The molecule has 6 heteroatoms.